The lowest BCUT2D eigenvalue weighted by Crippen LogP contribution is -2.32. The average molecular weight is 359 g/mol. The maximum absolute atomic E-state index is 12.4. The second-order valence-electron chi connectivity index (χ2n) is 5.81. The Hall–Kier alpha value is -2.21. The first-order valence-corrected chi connectivity index (χ1v) is 9.60. The average Bonchev–Trinajstić information content (AvgIpc) is 3.09. The fourth-order valence-electron chi connectivity index (χ4n) is 2.43. The first kappa shape index (κ1) is 19.1. The number of nitrogens with zero attached hydrogens (tertiary/aromatic N) is 2. The maximum atomic E-state index is 12.4. The Kier molecular flexibility index (Phi) is 7.60. The van der Waals surface area contributed by atoms with E-state index in [1.54, 1.807) is 10.3 Å². The summed E-state index contributed by atoms with van der Waals surface area (Å²) in [6.07, 6.45) is 3.10. The minimum atomic E-state index is -0.0875. The van der Waals surface area contributed by atoms with Gasteiger partial charge in [0.1, 0.15) is 5.69 Å². The molecule has 0 saturated carbocycles. The minimum Gasteiger partial charge on any atom is -0.338 e. The van der Waals surface area contributed by atoms with Gasteiger partial charge in [-0.25, -0.2) is 4.98 Å². The molecule has 0 atom stereocenters. The Balaban J connectivity index is 1.87. The lowest BCUT2D eigenvalue weighted by molar-refractivity contribution is -0.116. The molecule has 0 spiro atoms. The van der Waals surface area contributed by atoms with Crippen LogP contribution >= 0.6 is 11.3 Å². The van der Waals surface area contributed by atoms with Crippen molar-refractivity contribution in [2.24, 2.45) is 0 Å². The van der Waals surface area contributed by atoms with E-state index in [0.29, 0.717) is 30.2 Å². The molecule has 0 aliphatic rings. The SMILES string of the molecule is CCCCN(CC)C(=O)c1csc(NC(=O)CCc2ccccc2)n1. The molecule has 134 valence electrons. The van der Waals surface area contributed by atoms with Crippen molar-refractivity contribution in [3.05, 3.63) is 47.0 Å². The zero-order valence-corrected chi connectivity index (χ0v) is 15.6. The lowest BCUT2D eigenvalue weighted by atomic mass is 10.1. The van der Waals surface area contributed by atoms with Crippen molar-refractivity contribution in [2.75, 3.05) is 18.4 Å². The Morgan fingerprint density at radius 3 is 2.64 bits per heavy atom. The molecule has 0 aliphatic carbocycles. The number of hydrogen-bond acceptors (Lipinski definition) is 4. The molecule has 25 heavy (non-hydrogen) atoms. The molecule has 0 fully saturated rings. The fraction of sp³-hybridized carbons (Fsp3) is 0.421. The van der Waals surface area contributed by atoms with Crippen LogP contribution < -0.4 is 5.32 Å². The van der Waals surface area contributed by atoms with Crippen LogP contribution in [-0.2, 0) is 11.2 Å². The number of hydrogen-bond donors (Lipinski definition) is 1. The quantitative estimate of drug-likeness (QED) is 0.737. The standard InChI is InChI=1S/C19H25N3O2S/c1-3-5-13-22(4-2)18(24)16-14-25-19(20-16)21-17(23)12-11-15-9-7-6-8-10-15/h6-10,14H,3-5,11-13H2,1-2H3,(H,20,21,23). The fourth-order valence-corrected chi connectivity index (χ4v) is 3.13. The molecule has 1 aromatic carbocycles. The largest absolute Gasteiger partial charge is 0.338 e. The Bertz CT molecular complexity index is 685. The second-order valence-corrected chi connectivity index (χ2v) is 6.67. The summed E-state index contributed by atoms with van der Waals surface area (Å²) < 4.78 is 0. The van der Waals surface area contributed by atoms with Gasteiger partial charge in [0.15, 0.2) is 5.13 Å². The van der Waals surface area contributed by atoms with Crippen molar-refractivity contribution in [2.45, 2.75) is 39.5 Å². The van der Waals surface area contributed by atoms with Crippen molar-refractivity contribution in [1.29, 1.82) is 0 Å². The Morgan fingerprint density at radius 1 is 1.20 bits per heavy atom. The van der Waals surface area contributed by atoms with E-state index in [4.69, 9.17) is 0 Å². The van der Waals surface area contributed by atoms with Gasteiger partial charge in [-0.1, -0.05) is 43.7 Å². The molecule has 0 saturated heterocycles. The highest BCUT2D eigenvalue weighted by Gasteiger charge is 2.17. The van der Waals surface area contributed by atoms with Gasteiger partial charge >= 0.3 is 0 Å². The summed E-state index contributed by atoms with van der Waals surface area (Å²) in [6, 6.07) is 9.89. The summed E-state index contributed by atoms with van der Waals surface area (Å²) in [5.74, 6) is -0.160. The number of nitrogens with one attached hydrogen (secondary N) is 1. The van der Waals surface area contributed by atoms with Crippen LogP contribution in [0.2, 0.25) is 0 Å². The van der Waals surface area contributed by atoms with Crippen molar-refractivity contribution >= 4 is 28.3 Å². The highest BCUT2D eigenvalue weighted by atomic mass is 32.1. The number of aromatic nitrogens is 1. The van der Waals surface area contributed by atoms with E-state index in [1.165, 1.54) is 11.3 Å². The van der Waals surface area contributed by atoms with Crippen LogP contribution in [0.3, 0.4) is 0 Å². The molecule has 1 heterocycles. The minimum absolute atomic E-state index is 0.0722. The van der Waals surface area contributed by atoms with Gasteiger partial charge < -0.3 is 10.2 Å². The maximum Gasteiger partial charge on any atom is 0.273 e. The first-order valence-electron chi connectivity index (χ1n) is 8.72. The summed E-state index contributed by atoms with van der Waals surface area (Å²) in [4.78, 5) is 30.6. The predicted octanol–water partition coefficient (Wildman–Crippen LogP) is 3.98. The monoisotopic (exact) mass is 359 g/mol. The number of aryl methyl sites for hydroxylation is 1. The van der Waals surface area contributed by atoms with E-state index in [1.807, 2.05) is 37.3 Å². The van der Waals surface area contributed by atoms with Crippen LogP contribution in [0.5, 0.6) is 0 Å². The molecule has 2 rings (SSSR count). The van der Waals surface area contributed by atoms with Crippen LogP contribution in [0.25, 0.3) is 0 Å². The van der Waals surface area contributed by atoms with Gasteiger partial charge in [-0.15, -0.1) is 11.3 Å². The number of benzene rings is 1. The van der Waals surface area contributed by atoms with Crippen molar-refractivity contribution in [1.82, 2.24) is 9.88 Å². The number of carbonyl (C=O) groups is 2. The molecule has 2 aromatic rings. The van der Waals surface area contributed by atoms with Gasteiger partial charge in [0.25, 0.3) is 5.91 Å². The number of unbranched alkanes of at least 4 members (excludes halogenated alkanes) is 1. The molecule has 0 aliphatic heterocycles. The molecule has 6 heteroatoms. The molecular weight excluding hydrogens is 334 g/mol. The third-order valence-corrected chi connectivity index (χ3v) is 4.66. The van der Waals surface area contributed by atoms with E-state index in [2.05, 4.69) is 17.2 Å². The Morgan fingerprint density at radius 2 is 1.96 bits per heavy atom. The topological polar surface area (TPSA) is 62.3 Å². The highest BCUT2D eigenvalue weighted by molar-refractivity contribution is 7.14. The molecule has 2 amide bonds. The van der Waals surface area contributed by atoms with E-state index >= 15 is 0 Å². The number of amides is 2. The van der Waals surface area contributed by atoms with Crippen LogP contribution in [0.1, 0.15) is 49.2 Å². The number of thiazole rings is 1. The van der Waals surface area contributed by atoms with E-state index in [9.17, 15) is 9.59 Å². The van der Waals surface area contributed by atoms with Crippen LogP contribution in [0.15, 0.2) is 35.7 Å². The summed E-state index contributed by atoms with van der Waals surface area (Å²) in [6.45, 7) is 5.47. The van der Waals surface area contributed by atoms with Crippen LogP contribution in [0.4, 0.5) is 5.13 Å². The molecule has 0 bridgehead atoms. The third-order valence-electron chi connectivity index (χ3n) is 3.90. The molecule has 0 unspecified atom stereocenters. The van der Waals surface area contributed by atoms with E-state index in [-0.39, 0.29) is 11.8 Å². The predicted molar refractivity (Wildman–Crippen MR) is 102 cm³/mol. The van der Waals surface area contributed by atoms with Crippen molar-refractivity contribution < 1.29 is 9.59 Å². The molecule has 1 aromatic heterocycles. The lowest BCUT2D eigenvalue weighted by Gasteiger charge is -2.19. The molecular formula is C19H25N3O2S. The van der Waals surface area contributed by atoms with Gasteiger partial charge in [-0.3, -0.25) is 9.59 Å². The number of carbonyl (C=O) groups excluding carboxylic acids is 2. The summed E-state index contributed by atoms with van der Waals surface area (Å²) in [5, 5.41) is 4.98. The van der Waals surface area contributed by atoms with Gasteiger partial charge in [-0.05, 0) is 25.3 Å². The summed E-state index contributed by atoms with van der Waals surface area (Å²) in [7, 11) is 0. The number of rotatable bonds is 9. The van der Waals surface area contributed by atoms with E-state index < -0.39 is 0 Å². The number of anilines is 1. The summed E-state index contributed by atoms with van der Waals surface area (Å²) >= 11 is 1.29. The first-order chi connectivity index (χ1) is 12.1. The van der Waals surface area contributed by atoms with Gasteiger partial charge in [0, 0.05) is 24.9 Å². The van der Waals surface area contributed by atoms with Gasteiger partial charge in [0.2, 0.25) is 5.91 Å². The zero-order chi connectivity index (χ0) is 18.1. The smallest absolute Gasteiger partial charge is 0.273 e. The van der Waals surface area contributed by atoms with Gasteiger partial charge in [-0.2, -0.15) is 0 Å². The Labute approximate surface area is 153 Å². The van der Waals surface area contributed by atoms with E-state index in [0.717, 1.165) is 24.9 Å². The van der Waals surface area contributed by atoms with Crippen LogP contribution in [0, 0.1) is 0 Å². The molecule has 5 nitrogen and oxygen atoms in total. The molecule has 1 N–H and O–H groups in total. The zero-order valence-electron chi connectivity index (χ0n) is 14.8. The van der Waals surface area contributed by atoms with Crippen molar-refractivity contribution in [3.8, 4) is 0 Å². The summed E-state index contributed by atoms with van der Waals surface area (Å²) in [5.41, 5.74) is 1.53. The van der Waals surface area contributed by atoms with Crippen LogP contribution in [-0.4, -0.2) is 34.8 Å². The third kappa shape index (κ3) is 5.98. The molecule has 0 radical (unpaired) electrons. The normalized spacial score (nSPS) is 10.5. The highest BCUT2D eigenvalue weighted by Crippen LogP contribution is 2.17. The van der Waals surface area contributed by atoms with Crippen molar-refractivity contribution in [3.63, 3.8) is 0 Å². The second kappa shape index (κ2) is 9.93. The van der Waals surface area contributed by atoms with Gasteiger partial charge in [0.05, 0.1) is 0 Å².